The number of aryl methyl sites for hydroxylation is 1. The highest BCUT2D eigenvalue weighted by Gasteiger charge is 2.34. The molecule has 0 saturated carbocycles. The summed E-state index contributed by atoms with van der Waals surface area (Å²) in [5, 5.41) is 2.86. The average molecular weight is 390 g/mol. The van der Waals surface area contributed by atoms with E-state index in [1.54, 1.807) is 19.1 Å². The Morgan fingerprint density at radius 1 is 1.33 bits per heavy atom. The maximum Gasteiger partial charge on any atom is 0.266 e. The highest BCUT2D eigenvalue weighted by molar-refractivity contribution is 9.10. The zero-order chi connectivity index (χ0) is 17.3. The van der Waals surface area contributed by atoms with Crippen molar-refractivity contribution in [3.63, 3.8) is 0 Å². The summed E-state index contributed by atoms with van der Waals surface area (Å²) in [6.07, 6.45) is 0. The normalized spacial score (nSPS) is 14.6. The molecule has 6 nitrogen and oxygen atoms in total. The number of nitrogens with zero attached hydrogens (tertiary/aromatic N) is 2. The number of ether oxygens (including phenoxy) is 1. The third-order valence-corrected chi connectivity index (χ3v) is 4.26. The van der Waals surface area contributed by atoms with E-state index in [-0.39, 0.29) is 18.4 Å². The fourth-order valence-electron chi connectivity index (χ4n) is 2.49. The molecule has 1 unspecified atom stereocenters. The van der Waals surface area contributed by atoms with Crippen molar-refractivity contribution in [2.24, 2.45) is 0 Å². The molecule has 0 spiro atoms. The van der Waals surface area contributed by atoms with Crippen molar-refractivity contribution >= 4 is 39.2 Å². The summed E-state index contributed by atoms with van der Waals surface area (Å²) in [7, 11) is 0. The van der Waals surface area contributed by atoms with Crippen molar-refractivity contribution < 1.29 is 14.3 Å². The zero-order valence-corrected chi connectivity index (χ0v) is 14.8. The molecule has 0 bridgehead atoms. The molecule has 124 valence electrons. The summed E-state index contributed by atoms with van der Waals surface area (Å²) in [6, 6.07) is 10.2. The van der Waals surface area contributed by atoms with Gasteiger partial charge in [-0.1, -0.05) is 18.2 Å². The van der Waals surface area contributed by atoms with E-state index < -0.39 is 6.04 Å². The molecule has 2 heterocycles. The number of carbonyl (C=O) groups excluding carboxylic acids is 2. The van der Waals surface area contributed by atoms with Crippen LogP contribution in [0.3, 0.4) is 0 Å². The first kappa shape index (κ1) is 16.4. The number of amides is 2. The quantitative estimate of drug-likeness (QED) is 0.819. The van der Waals surface area contributed by atoms with Crippen LogP contribution in [-0.2, 0) is 9.59 Å². The molecule has 0 aliphatic carbocycles. The summed E-state index contributed by atoms with van der Waals surface area (Å²) >= 11 is 3.28. The van der Waals surface area contributed by atoms with Crippen LogP contribution in [0.5, 0.6) is 5.75 Å². The minimum absolute atomic E-state index is 0.113. The number of hydrogen-bond donors (Lipinski definition) is 1. The highest BCUT2D eigenvalue weighted by Crippen LogP contribution is 2.33. The molecule has 0 saturated heterocycles. The molecule has 1 aromatic carbocycles. The van der Waals surface area contributed by atoms with Crippen molar-refractivity contribution in [3.8, 4) is 5.75 Å². The van der Waals surface area contributed by atoms with Crippen molar-refractivity contribution in [3.05, 3.63) is 46.6 Å². The van der Waals surface area contributed by atoms with Gasteiger partial charge in [0.05, 0.1) is 0 Å². The second-order valence-electron chi connectivity index (χ2n) is 5.49. The van der Waals surface area contributed by atoms with Gasteiger partial charge in [0.1, 0.15) is 10.6 Å². The summed E-state index contributed by atoms with van der Waals surface area (Å²) in [4.78, 5) is 30.6. The lowest BCUT2D eigenvalue weighted by atomic mass is 10.1. The van der Waals surface area contributed by atoms with Crippen LogP contribution in [0, 0.1) is 6.92 Å². The van der Waals surface area contributed by atoms with Gasteiger partial charge >= 0.3 is 0 Å². The van der Waals surface area contributed by atoms with Gasteiger partial charge in [0.15, 0.2) is 18.2 Å². The van der Waals surface area contributed by atoms with E-state index in [9.17, 15) is 9.59 Å². The Labute approximate surface area is 148 Å². The van der Waals surface area contributed by atoms with Crippen LogP contribution < -0.4 is 15.0 Å². The summed E-state index contributed by atoms with van der Waals surface area (Å²) in [5.74, 6) is 0.231. The van der Waals surface area contributed by atoms with E-state index in [0.29, 0.717) is 16.2 Å². The van der Waals surface area contributed by atoms with E-state index in [0.717, 1.165) is 11.3 Å². The van der Waals surface area contributed by atoms with Gasteiger partial charge < -0.3 is 10.1 Å². The Bertz CT molecular complexity index is 809. The molecule has 2 amide bonds. The van der Waals surface area contributed by atoms with Gasteiger partial charge in [0.2, 0.25) is 5.91 Å². The minimum atomic E-state index is -0.721. The van der Waals surface area contributed by atoms with Crippen LogP contribution in [0.15, 0.2) is 41.0 Å². The Morgan fingerprint density at radius 3 is 2.83 bits per heavy atom. The van der Waals surface area contributed by atoms with E-state index in [4.69, 9.17) is 4.74 Å². The Kier molecular flexibility index (Phi) is 4.53. The Balaban J connectivity index is 1.88. The number of halogens is 1. The predicted octanol–water partition coefficient (Wildman–Crippen LogP) is 2.91. The topological polar surface area (TPSA) is 71.5 Å². The van der Waals surface area contributed by atoms with Gasteiger partial charge in [0.25, 0.3) is 5.91 Å². The van der Waals surface area contributed by atoms with Crippen molar-refractivity contribution in [1.29, 1.82) is 0 Å². The van der Waals surface area contributed by atoms with Crippen LogP contribution in [0.2, 0.25) is 0 Å². The van der Waals surface area contributed by atoms with Crippen molar-refractivity contribution in [2.45, 2.75) is 19.9 Å². The van der Waals surface area contributed by atoms with Crippen LogP contribution in [0.1, 0.15) is 12.5 Å². The first-order valence-corrected chi connectivity index (χ1v) is 8.24. The lowest BCUT2D eigenvalue weighted by Gasteiger charge is -2.32. The molecule has 1 aliphatic rings. The number of rotatable bonds is 3. The molecule has 0 fully saturated rings. The molecular weight excluding hydrogens is 374 g/mol. The van der Waals surface area contributed by atoms with Crippen molar-refractivity contribution in [1.82, 2.24) is 4.98 Å². The average Bonchev–Trinajstić information content (AvgIpc) is 2.56. The van der Waals surface area contributed by atoms with Crippen LogP contribution >= 0.6 is 15.9 Å². The molecule has 0 radical (unpaired) electrons. The number of carbonyl (C=O) groups is 2. The first-order chi connectivity index (χ1) is 11.5. The lowest BCUT2D eigenvalue weighted by molar-refractivity contribution is -0.125. The van der Waals surface area contributed by atoms with Gasteiger partial charge in [-0.25, -0.2) is 4.98 Å². The molecule has 2 aromatic rings. The molecule has 24 heavy (non-hydrogen) atoms. The van der Waals surface area contributed by atoms with Crippen LogP contribution in [0.25, 0.3) is 0 Å². The fourth-order valence-corrected chi connectivity index (χ4v) is 2.79. The number of hydrogen-bond acceptors (Lipinski definition) is 4. The molecule has 1 N–H and O–H groups in total. The standard InChI is InChI=1S/C17H16BrN3O3/c1-10-5-3-4-6-12(10)19-17(23)11(2)21-15(22)9-24-13-7-8-14(18)20-16(13)21/h3-8,11H,9H2,1-2H3,(H,19,23). The van der Waals surface area contributed by atoms with Crippen molar-refractivity contribution in [2.75, 3.05) is 16.8 Å². The SMILES string of the molecule is Cc1ccccc1NC(=O)C(C)N1C(=O)COc2ccc(Br)nc21. The van der Waals surface area contributed by atoms with Crippen LogP contribution in [-0.4, -0.2) is 29.4 Å². The molecule has 3 rings (SSSR count). The molecule has 1 atom stereocenters. The number of anilines is 2. The van der Waals surface area contributed by atoms with Gasteiger partial charge in [-0.3, -0.25) is 14.5 Å². The number of para-hydroxylation sites is 1. The molecule has 1 aliphatic heterocycles. The van der Waals surface area contributed by atoms with E-state index in [1.807, 2.05) is 31.2 Å². The van der Waals surface area contributed by atoms with E-state index in [1.165, 1.54) is 4.90 Å². The zero-order valence-electron chi connectivity index (χ0n) is 13.2. The third kappa shape index (κ3) is 3.12. The molecule has 1 aromatic heterocycles. The molecular formula is C17H16BrN3O3. The largest absolute Gasteiger partial charge is 0.480 e. The fraction of sp³-hybridized carbons (Fsp3) is 0.235. The minimum Gasteiger partial charge on any atom is -0.480 e. The number of benzene rings is 1. The van der Waals surface area contributed by atoms with E-state index in [2.05, 4.69) is 26.2 Å². The second-order valence-corrected chi connectivity index (χ2v) is 6.30. The number of pyridine rings is 1. The maximum absolute atomic E-state index is 12.6. The Hall–Kier alpha value is -2.41. The number of aromatic nitrogens is 1. The summed E-state index contributed by atoms with van der Waals surface area (Å²) in [5.41, 5.74) is 1.67. The third-order valence-electron chi connectivity index (χ3n) is 3.82. The van der Waals surface area contributed by atoms with Gasteiger partial charge in [-0.05, 0) is 53.5 Å². The number of fused-ring (bicyclic) bond motifs is 1. The van der Waals surface area contributed by atoms with Gasteiger partial charge in [-0.2, -0.15) is 0 Å². The van der Waals surface area contributed by atoms with Gasteiger partial charge in [0, 0.05) is 5.69 Å². The van der Waals surface area contributed by atoms with Gasteiger partial charge in [-0.15, -0.1) is 0 Å². The first-order valence-electron chi connectivity index (χ1n) is 7.45. The predicted molar refractivity (Wildman–Crippen MR) is 94.2 cm³/mol. The molecule has 7 heteroatoms. The summed E-state index contributed by atoms with van der Waals surface area (Å²) < 4.78 is 5.95. The Morgan fingerprint density at radius 2 is 2.08 bits per heavy atom. The number of nitrogens with one attached hydrogen (secondary N) is 1. The maximum atomic E-state index is 12.6. The monoisotopic (exact) mass is 389 g/mol. The van der Waals surface area contributed by atoms with E-state index >= 15 is 0 Å². The second kappa shape index (κ2) is 6.60. The summed E-state index contributed by atoms with van der Waals surface area (Å²) in [6.45, 7) is 3.47. The lowest BCUT2D eigenvalue weighted by Crippen LogP contribution is -2.50. The smallest absolute Gasteiger partial charge is 0.266 e. The highest BCUT2D eigenvalue weighted by atomic mass is 79.9. The van der Waals surface area contributed by atoms with Crippen LogP contribution in [0.4, 0.5) is 11.5 Å².